The second kappa shape index (κ2) is 6.46. The van der Waals surface area contributed by atoms with Crippen molar-refractivity contribution in [2.75, 3.05) is 12.3 Å². The SMILES string of the molecule is CCOc1ccc(-c2c(CCC(C)C)noc2N)cc1. The first kappa shape index (κ1) is 14.4. The van der Waals surface area contributed by atoms with E-state index in [9.17, 15) is 0 Å². The molecule has 0 aliphatic heterocycles. The monoisotopic (exact) mass is 274 g/mol. The molecule has 0 saturated carbocycles. The van der Waals surface area contributed by atoms with Crippen molar-refractivity contribution in [1.29, 1.82) is 0 Å². The van der Waals surface area contributed by atoms with Crippen LogP contribution < -0.4 is 10.5 Å². The van der Waals surface area contributed by atoms with Crippen LogP contribution in [0.2, 0.25) is 0 Å². The topological polar surface area (TPSA) is 61.3 Å². The number of ether oxygens (including phenoxy) is 1. The fourth-order valence-electron chi connectivity index (χ4n) is 2.13. The van der Waals surface area contributed by atoms with E-state index in [-0.39, 0.29) is 0 Å². The van der Waals surface area contributed by atoms with Crippen molar-refractivity contribution in [2.45, 2.75) is 33.6 Å². The van der Waals surface area contributed by atoms with Gasteiger partial charge in [-0.2, -0.15) is 0 Å². The van der Waals surface area contributed by atoms with Gasteiger partial charge in [-0.1, -0.05) is 31.1 Å². The molecule has 1 aromatic heterocycles. The van der Waals surface area contributed by atoms with Crippen molar-refractivity contribution in [1.82, 2.24) is 5.16 Å². The van der Waals surface area contributed by atoms with E-state index in [4.69, 9.17) is 15.0 Å². The number of nitrogens with zero attached hydrogens (tertiary/aromatic N) is 1. The summed E-state index contributed by atoms with van der Waals surface area (Å²) in [7, 11) is 0. The lowest BCUT2D eigenvalue weighted by molar-refractivity contribution is 0.340. The van der Waals surface area contributed by atoms with Crippen molar-refractivity contribution >= 4 is 5.88 Å². The molecule has 0 spiro atoms. The summed E-state index contributed by atoms with van der Waals surface area (Å²) in [6, 6.07) is 7.87. The molecule has 0 amide bonds. The van der Waals surface area contributed by atoms with E-state index in [2.05, 4.69) is 19.0 Å². The van der Waals surface area contributed by atoms with Crippen LogP contribution in [0.5, 0.6) is 5.75 Å². The molecule has 4 nitrogen and oxygen atoms in total. The maximum atomic E-state index is 5.92. The Morgan fingerprint density at radius 3 is 2.55 bits per heavy atom. The molecule has 0 aliphatic carbocycles. The average Bonchev–Trinajstić information content (AvgIpc) is 2.79. The first-order valence-electron chi connectivity index (χ1n) is 7.09. The fraction of sp³-hybridized carbons (Fsp3) is 0.438. The van der Waals surface area contributed by atoms with E-state index in [1.165, 1.54) is 0 Å². The molecule has 0 fully saturated rings. The predicted molar refractivity (Wildman–Crippen MR) is 80.7 cm³/mol. The van der Waals surface area contributed by atoms with Crippen LogP contribution in [0.25, 0.3) is 11.1 Å². The highest BCUT2D eigenvalue weighted by atomic mass is 16.5. The first-order chi connectivity index (χ1) is 9.61. The van der Waals surface area contributed by atoms with Crippen molar-refractivity contribution in [3.63, 3.8) is 0 Å². The molecule has 2 N–H and O–H groups in total. The Morgan fingerprint density at radius 1 is 1.25 bits per heavy atom. The summed E-state index contributed by atoms with van der Waals surface area (Å²) in [6.07, 6.45) is 1.94. The van der Waals surface area contributed by atoms with Crippen LogP contribution in [0.1, 0.15) is 32.9 Å². The molecule has 0 atom stereocenters. The Labute approximate surface area is 119 Å². The molecule has 0 aliphatic rings. The van der Waals surface area contributed by atoms with Crippen LogP contribution in [0.4, 0.5) is 5.88 Å². The van der Waals surface area contributed by atoms with Crippen LogP contribution in [0.15, 0.2) is 28.8 Å². The maximum Gasteiger partial charge on any atom is 0.230 e. The summed E-state index contributed by atoms with van der Waals surface area (Å²) in [4.78, 5) is 0. The normalized spacial score (nSPS) is 11.0. The second-order valence-electron chi connectivity index (χ2n) is 5.26. The van der Waals surface area contributed by atoms with Gasteiger partial charge >= 0.3 is 0 Å². The number of aryl methyl sites for hydroxylation is 1. The van der Waals surface area contributed by atoms with Crippen LogP contribution in [0.3, 0.4) is 0 Å². The molecular formula is C16H22N2O2. The summed E-state index contributed by atoms with van der Waals surface area (Å²) in [5.74, 6) is 1.86. The summed E-state index contributed by atoms with van der Waals surface area (Å²) < 4.78 is 10.6. The van der Waals surface area contributed by atoms with Crippen molar-refractivity contribution in [3.05, 3.63) is 30.0 Å². The smallest absolute Gasteiger partial charge is 0.230 e. The molecule has 0 unspecified atom stereocenters. The number of aromatic nitrogens is 1. The van der Waals surface area contributed by atoms with Crippen LogP contribution >= 0.6 is 0 Å². The van der Waals surface area contributed by atoms with Gasteiger partial charge in [0.15, 0.2) is 0 Å². The van der Waals surface area contributed by atoms with Crippen LogP contribution in [0, 0.1) is 5.92 Å². The highest BCUT2D eigenvalue weighted by Gasteiger charge is 2.16. The molecule has 0 radical (unpaired) electrons. The van der Waals surface area contributed by atoms with E-state index < -0.39 is 0 Å². The highest BCUT2D eigenvalue weighted by Crippen LogP contribution is 2.32. The standard InChI is InChI=1S/C16H22N2O2/c1-4-19-13-8-6-12(7-9-13)15-14(10-5-11(2)3)18-20-16(15)17/h6-9,11H,4-5,10,17H2,1-3H3. The largest absolute Gasteiger partial charge is 0.494 e. The fourth-order valence-corrected chi connectivity index (χ4v) is 2.13. The van der Waals surface area contributed by atoms with Gasteiger partial charge in [0, 0.05) is 0 Å². The zero-order chi connectivity index (χ0) is 14.5. The van der Waals surface area contributed by atoms with Gasteiger partial charge in [0.2, 0.25) is 5.88 Å². The quantitative estimate of drug-likeness (QED) is 0.867. The average molecular weight is 274 g/mol. The summed E-state index contributed by atoms with van der Waals surface area (Å²) in [6.45, 7) is 7.02. The molecule has 2 rings (SSSR count). The Kier molecular flexibility index (Phi) is 4.66. The number of anilines is 1. The number of nitrogens with two attached hydrogens (primary N) is 1. The molecule has 0 bridgehead atoms. The zero-order valence-corrected chi connectivity index (χ0v) is 12.3. The van der Waals surface area contributed by atoms with Gasteiger partial charge in [-0.25, -0.2) is 0 Å². The van der Waals surface area contributed by atoms with Crippen LogP contribution in [-0.4, -0.2) is 11.8 Å². The van der Waals surface area contributed by atoms with E-state index in [1.807, 2.05) is 31.2 Å². The summed E-state index contributed by atoms with van der Waals surface area (Å²) in [5.41, 5.74) is 8.78. The Morgan fingerprint density at radius 2 is 1.95 bits per heavy atom. The van der Waals surface area contributed by atoms with Gasteiger partial charge in [0.25, 0.3) is 0 Å². The number of rotatable bonds is 6. The maximum absolute atomic E-state index is 5.92. The van der Waals surface area contributed by atoms with Crippen LogP contribution in [-0.2, 0) is 6.42 Å². The molecule has 2 aromatic rings. The minimum Gasteiger partial charge on any atom is -0.494 e. The summed E-state index contributed by atoms with van der Waals surface area (Å²) in [5, 5.41) is 4.09. The third-order valence-electron chi connectivity index (χ3n) is 3.20. The molecule has 1 heterocycles. The van der Waals surface area contributed by atoms with Crippen molar-refractivity contribution in [2.24, 2.45) is 5.92 Å². The molecule has 4 heteroatoms. The van der Waals surface area contributed by atoms with Gasteiger partial charge in [0.05, 0.1) is 17.9 Å². The van der Waals surface area contributed by atoms with Gasteiger partial charge in [0.1, 0.15) is 5.75 Å². The second-order valence-corrected chi connectivity index (χ2v) is 5.26. The van der Waals surface area contributed by atoms with E-state index >= 15 is 0 Å². The van der Waals surface area contributed by atoms with Gasteiger partial charge in [-0.15, -0.1) is 0 Å². The lowest BCUT2D eigenvalue weighted by atomic mass is 10.00. The zero-order valence-electron chi connectivity index (χ0n) is 12.3. The number of hydrogen-bond acceptors (Lipinski definition) is 4. The molecule has 20 heavy (non-hydrogen) atoms. The third kappa shape index (κ3) is 3.32. The minimum absolute atomic E-state index is 0.382. The molecule has 1 aromatic carbocycles. The van der Waals surface area contributed by atoms with Gasteiger partial charge in [-0.3, -0.25) is 0 Å². The first-order valence-corrected chi connectivity index (χ1v) is 7.09. The third-order valence-corrected chi connectivity index (χ3v) is 3.20. The van der Waals surface area contributed by atoms with E-state index in [0.717, 1.165) is 35.4 Å². The Hall–Kier alpha value is -1.97. The van der Waals surface area contributed by atoms with Crippen molar-refractivity contribution in [3.8, 4) is 16.9 Å². The number of nitrogen functional groups attached to an aromatic ring is 1. The highest BCUT2D eigenvalue weighted by molar-refractivity contribution is 5.75. The van der Waals surface area contributed by atoms with E-state index in [0.29, 0.717) is 18.4 Å². The molecule has 0 saturated heterocycles. The van der Waals surface area contributed by atoms with Gasteiger partial charge < -0.3 is 15.0 Å². The number of benzene rings is 1. The lowest BCUT2D eigenvalue weighted by Gasteiger charge is -2.06. The Bertz CT molecular complexity index is 544. The predicted octanol–water partition coefficient (Wildman–Crippen LogP) is 3.91. The lowest BCUT2D eigenvalue weighted by Crippen LogP contribution is -1.96. The van der Waals surface area contributed by atoms with Gasteiger partial charge in [-0.05, 0) is 43.4 Å². The summed E-state index contributed by atoms with van der Waals surface area (Å²) >= 11 is 0. The molecule has 108 valence electrons. The molecular weight excluding hydrogens is 252 g/mol. The van der Waals surface area contributed by atoms with Crippen molar-refractivity contribution < 1.29 is 9.26 Å². The Balaban J connectivity index is 2.24. The minimum atomic E-state index is 0.382. The number of hydrogen-bond donors (Lipinski definition) is 1. The van der Waals surface area contributed by atoms with E-state index in [1.54, 1.807) is 0 Å².